The first-order valence-electron chi connectivity index (χ1n) is 11.0. The molecule has 2 atom stereocenters. The maximum atomic E-state index is 13.6. The van der Waals surface area contributed by atoms with E-state index in [0.717, 1.165) is 27.6 Å². The van der Waals surface area contributed by atoms with Crippen LogP contribution in [0.1, 0.15) is 42.9 Å². The van der Waals surface area contributed by atoms with Crippen LogP contribution in [0.4, 0.5) is 5.69 Å². The van der Waals surface area contributed by atoms with Gasteiger partial charge in [-0.15, -0.1) is 0 Å². The molecule has 1 N–H and O–H groups in total. The van der Waals surface area contributed by atoms with Gasteiger partial charge < -0.3 is 10.1 Å². The van der Waals surface area contributed by atoms with Crippen molar-refractivity contribution in [3.05, 3.63) is 88.6 Å². The predicted octanol–water partition coefficient (Wildman–Crippen LogP) is 5.75. The van der Waals surface area contributed by atoms with Gasteiger partial charge in [0.15, 0.2) is 5.78 Å². The molecule has 3 aromatic carbocycles. The number of Topliss-reactive ketones (excluding diaryl/α,β-unsaturated/α-hetero) is 1. The summed E-state index contributed by atoms with van der Waals surface area (Å²) in [5.41, 5.74) is 5.08. The highest BCUT2D eigenvalue weighted by molar-refractivity contribution is 6.06. The Morgan fingerprint density at radius 2 is 1.75 bits per heavy atom. The number of hydrogen-bond acceptors (Lipinski definition) is 4. The Morgan fingerprint density at radius 1 is 1.03 bits per heavy atom. The number of ether oxygens (including phenoxy) is 1. The molecule has 0 bridgehead atoms. The van der Waals surface area contributed by atoms with Crippen LogP contribution in [0.5, 0.6) is 0 Å². The number of anilines is 1. The average Bonchev–Trinajstić information content (AvgIpc) is 2.77. The molecule has 2 aliphatic rings. The lowest BCUT2D eigenvalue weighted by atomic mass is 9.63. The van der Waals surface area contributed by atoms with Crippen molar-refractivity contribution in [2.75, 3.05) is 12.4 Å². The van der Waals surface area contributed by atoms with E-state index in [1.54, 1.807) is 0 Å². The fraction of sp³-hybridized carbons (Fsp3) is 0.286. The summed E-state index contributed by atoms with van der Waals surface area (Å²) in [6.07, 6.45) is 0.301. The fourth-order valence-electron chi connectivity index (χ4n) is 5.42. The second kappa shape index (κ2) is 7.33. The quantitative estimate of drug-likeness (QED) is 0.531. The highest BCUT2D eigenvalue weighted by Crippen LogP contribution is 2.53. The molecule has 0 saturated heterocycles. The van der Waals surface area contributed by atoms with Gasteiger partial charge in [0, 0.05) is 29.3 Å². The number of nitrogens with one attached hydrogen (secondary N) is 1. The van der Waals surface area contributed by atoms with Crippen LogP contribution >= 0.6 is 0 Å². The second-order valence-corrected chi connectivity index (χ2v) is 9.59. The Labute approximate surface area is 188 Å². The molecule has 1 heterocycles. The lowest BCUT2D eigenvalue weighted by Crippen LogP contribution is -2.44. The van der Waals surface area contributed by atoms with Gasteiger partial charge in [-0.1, -0.05) is 74.0 Å². The summed E-state index contributed by atoms with van der Waals surface area (Å²) >= 11 is 0. The predicted molar refractivity (Wildman–Crippen MR) is 127 cm³/mol. The average molecular weight is 426 g/mol. The second-order valence-electron chi connectivity index (χ2n) is 9.59. The Bertz CT molecular complexity index is 1280. The molecule has 162 valence electrons. The number of rotatable bonds is 2. The fourth-order valence-corrected chi connectivity index (χ4v) is 5.42. The molecule has 1 aliphatic heterocycles. The highest BCUT2D eigenvalue weighted by atomic mass is 16.5. The van der Waals surface area contributed by atoms with Crippen LogP contribution in [-0.4, -0.2) is 18.9 Å². The molecule has 0 saturated carbocycles. The molecular formula is C28H27NO3. The largest absolute Gasteiger partial charge is 0.468 e. The van der Waals surface area contributed by atoms with Crippen molar-refractivity contribution in [2.24, 2.45) is 11.3 Å². The minimum Gasteiger partial charge on any atom is -0.468 e. The van der Waals surface area contributed by atoms with E-state index in [-0.39, 0.29) is 17.7 Å². The van der Waals surface area contributed by atoms with E-state index in [1.807, 2.05) is 26.0 Å². The summed E-state index contributed by atoms with van der Waals surface area (Å²) < 4.78 is 5.20. The first-order chi connectivity index (χ1) is 15.3. The summed E-state index contributed by atoms with van der Waals surface area (Å²) in [5.74, 6) is -1.01. The van der Waals surface area contributed by atoms with Crippen molar-refractivity contribution in [1.82, 2.24) is 0 Å². The van der Waals surface area contributed by atoms with E-state index in [9.17, 15) is 9.59 Å². The van der Waals surface area contributed by atoms with E-state index < -0.39 is 11.3 Å². The van der Waals surface area contributed by atoms with E-state index in [2.05, 4.69) is 60.8 Å². The zero-order chi connectivity index (χ0) is 22.6. The first-order valence-corrected chi connectivity index (χ1v) is 11.0. The van der Waals surface area contributed by atoms with Gasteiger partial charge in [0.2, 0.25) is 0 Å². The van der Waals surface area contributed by atoms with Gasteiger partial charge >= 0.3 is 5.97 Å². The zero-order valence-electron chi connectivity index (χ0n) is 18.9. The van der Waals surface area contributed by atoms with Gasteiger partial charge in [-0.3, -0.25) is 9.59 Å². The van der Waals surface area contributed by atoms with Crippen molar-refractivity contribution >= 4 is 28.2 Å². The topological polar surface area (TPSA) is 55.4 Å². The molecule has 0 fully saturated rings. The number of fused-ring (bicyclic) bond motifs is 3. The van der Waals surface area contributed by atoms with Crippen LogP contribution in [0.3, 0.4) is 0 Å². The molecule has 4 nitrogen and oxygen atoms in total. The molecule has 0 spiro atoms. The van der Waals surface area contributed by atoms with Gasteiger partial charge in [0.05, 0.1) is 7.11 Å². The molecule has 5 rings (SSSR count). The van der Waals surface area contributed by atoms with Crippen LogP contribution < -0.4 is 5.32 Å². The lowest BCUT2D eigenvalue weighted by Gasteiger charge is -2.44. The summed E-state index contributed by atoms with van der Waals surface area (Å²) in [6.45, 7) is 5.99. The summed E-state index contributed by atoms with van der Waals surface area (Å²) in [5, 5.41) is 5.75. The number of hydrogen-bond donors (Lipinski definition) is 1. The minimum atomic E-state index is -0.539. The number of esters is 1. The van der Waals surface area contributed by atoms with E-state index in [4.69, 9.17) is 4.74 Å². The SMILES string of the molecule is COC(=O)[C@@H]1C2=C(C(=O)CC1(C)C)[C@@H](c1ccc(C)cc1)c1c(ccc3ccccc13)N2. The first kappa shape index (κ1) is 20.5. The maximum absolute atomic E-state index is 13.6. The van der Waals surface area contributed by atoms with Crippen LogP contribution in [0, 0.1) is 18.3 Å². The number of benzene rings is 3. The van der Waals surface area contributed by atoms with Gasteiger partial charge in [0.25, 0.3) is 0 Å². The molecule has 0 amide bonds. The molecule has 1 aliphatic carbocycles. The van der Waals surface area contributed by atoms with Crippen molar-refractivity contribution < 1.29 is 14.3 Å². The van der Waals surface area contributed by atoms with E-state index in [0.29, 0.717) is 17.7 Å². The Hall–Kier alpha value is -3.40. The normalized spacial score (nSPS) is 21.6. The van der Waals surface area contributed by atoms with Gasteiger partial charge in [-0.2, -0.15) is 0 Å². The van der Waals surface area contributed by atoms with Crippen molar-refractivity contribution in [3.8, 4) is 0 Å². The molecule has 32 heavy (non-hydrogen) atoms. The third-order valence-corrected chi connectivity index (χ3v) is 6.94. The van der Waals surface area contributed by atoms with Crippen molar-refractivity contribution in [2.45, 2.75) is 33.1 Å². The zero-order valence-corrected chi connectivity index (χ0v) is 18.9. The van der Waals surface area contributed by atoms with Crippen LogP contribution in [0.2, 0.25) is 0 Å². The summed E-state index contributed by atoms with van der Waals surface area (Å²) in [7, 11) is 1.41. The lowest BCUT2D eigenvalue weighted by molar-refractivity contribution is -0.148. The Morgan fingerprint density at radius 3 is 2.47 bits per heavy atom. The van der Waals surface area contributed by atoms with Crippen LogP contribution in [0.25, 0.3) is 10.8 Å². The van der Waals surface area contributed by atoms with Crippen LogP contribution in [-0.2, 0) is 14.3 Å². The maximum Gasteiger partial charge on any atom is 0.315 e. The Kier molecular flexibility index (Phi) is 4.70. The standard InChI is InChI=1S/C28H27NO3/c1-16-9-11-18(12-10-16)22-23-19-8-6-5-7-17(19)13-14-20(23)29-26-24(22)21(30)15-28(2,3)25(26)27(31)32-4/h5-14,22,25,29H,15H2,1-4H3/t22-,25-/m0/s1. The molecular weight excluding hydrogens is 398 g/mol. The van der Waals surface area contributed by atoms with Gasteiger partial charge in [0.1, 0.15) is 5.92 Å². The molecule has 0 radical (unpaired) electrons. The third kappa shape index (κ3) is 3.05. The molecule has 0 unspecified atom stereocenters. The molecule has 3 aromatic rings. The molecule has 0 aromatic heterocycles. The number of allylic oxidation sites excluding steroid dienone is 1. The third-order valence-electron chi connectivity index (χ3n) is 6.94. The highest BCUT2D eigenvalue weighted by Gasteiger charge is 2.50. The number of carbonyl (C=O) groups excluding carboxylic acids is 2. The summed E-state index contributed by atoms with van der Waals surface area (Å²) in [4.78, 5) is 26.6. The number of methoxy groups -OCH3 is 1. The number of ketones is 1. The van der Waals surface area contributed by atoms with Crippen LogP contribution in [0.15, 0.2) is 71.9 Å². The smallest absolute Gasteiger partial charge is 0.315 e. The molecule has 4 heteroatoms. The summed E-state index contributed by atoms with van der Waals surface area (Å²) in [6, 6.07) is 20.8. The van der Waals surface area contributed by atoms with E-state index >= 15 is 0 Å². The van der Waals surface area contributed by atoms with E-state index in [1.165, 1.54) is 12.7 Å². The monoisotopic (exact) mass is 425 g/mol. The number of aryl methyl sites for hydroxylation is 1. The van der Waals surface area contributed by atoms with Gasteiger partial charge in [-0.25, -0.2) is 0 Å². The van der Waals surface area contributed by atoms with Crippen molar-refractivity contribution in [1.29, 1.82) is 0 Å². The minimum absolute atomic E-state index is 0.0850. The van der Waals surface area contributed by atoms with Gasteiger partial charge in [-0.05, 0) is 40.3 Å². The Balaban J connectivity index is 1.84. The number of carbonyl (C=O) groups is 2. The van der Waals surface area contributed by atoms with Crippen molar-refractivity contribution in [3.63, 3.8) is 0 Å².